The van der Waals surface area contributed by atoms with Crippen molar-refractivity contribution in [2.75, 3.05) is 12.4 Å². The highest BCUT2D eigenvalue weighted by Gasteiger charge is 2.36. The second kappa shape index (κ2) is 8.25. The highest BCUT2D eigenvalue weighted by atomic mass is 32.1. The molecule has 3 N–H and O–H groups in total. The first-order chi connectivity index (χ1) is 14.4. The van der Waals surface area contributed by atoms with Gasteiger partial charge < -0.3 is 20.3 Å². The Morgan fingerprint density at radius 2 is 1.97 bits per heavy atom. The molecule has 0 bridgehead atoms. The van der Waals surface area contributed by atoms with E-state index < -0.39 is 11.4 Å². The van der Waals surface area contributed by atoms with Gasteiger partial charge in [-0.1, -0.05) is 6.07 Å². The maximum Gasteiger partial charge on any atom is 0.255 e. The summed E-state index contributed by atoms with van der Waals surface area (Å²) in [4.78, 5) is 13.4. The number of hydrogen-bond acceptors (Lipinski definition) is 8. The molecule has 4 rings (SSSR count). The SMILES string of the molecule is COc1nc(Nc2cc(C)cc(-c3cnc([C@]4(O)CC[C@@H](O)CC4)s3)c2)ncc1F. The number of thiazole rings is 1. The molecule has 0 aliphatic heterocycles. The van der Waals surface area contributed by atoms with Crippen LogP contribution in [0.3, 0.4) is 0 Å². The molecule has 1 fully saturated rings. The zero-order valence-electron chi connectivity index (χ0n) is 16.7. The molecule has 30 heavy (non-hydrogen) atoms. The zero-order chi connectivity index (χ0) is 21.3. The van der Waals surface area contributed by atoms with Crippen molar-refractivity contribution in [2.45, 2.75) is 44.3 Å². The molecular weight excluding hydrogens is 407 g/mol. The highest BCUT2D eigenvalue weighted by molar-refractivity contribution is 7.15. The summed E-state index contributed by atoms with van der Waals surface area (Å²) < 4.78 is 18.5. The summed E-state index contributed by atoms with van der Waals surface area (Å²) in [6, 6.07) is 5.89. The fraction of sp³-hybridized carbons (Fsp3) is 0.381. The van der Waals surface area contributed by atoms with Gasteiger partial charge in [0.05, 0.1) is 24.3 Å². The Morgan fingerprint density at radius 3 is 2.70 bits per heavy atom. The standard InChI is InChI=1S/C21H23FN4O3S/c1-12-7-13(9-14(8-12)25-20-24-10-16(22)18(26-20)29-2)17-11-23-19(30-17)21(28)5-3-15(27)4-6-21/h7-11,15,27-28H,3-6H2,1-2H3,(H,24,25,26)/t15-,21+. The average Bonchev–Trinajstić information content (AvgIpc) is 3.23. The van der Waals surface area contributed by atoms with E-state index in [0.29, 0.717) is 30.7 Å². The third-order valence-electron chi connectivity index (χ3n) is 5.21. The lowest BCUT2D eigenvalue weighted by atomic mass is 9.84. The Labute approximate surface area is 177 Å². The van der Waals surface area contributed by atoms with Crippen LogP contribution in [0.1, 0.15) is 36.3 Å². The number of benzene rings is 1. The second-order valence-electron chi connectivity index (χ2n) is 7.56. The topological polar surface area (TPSA) is 100 Å². The van der Waals surface area contributed by atoms with Crippen LogP contribution in [0, 0.1) is 12.7 Å². The maximum atomic E-state index is 13.5. The summed E-state index contributed by atoms with van der Waals surface area (Å²) in [6.45, 7) is 1.97. The summed E-state index contributed by atoms with van der Waals surface area (Å²) in [6.07, 6.45) is 4.64. The summed E-state index contributed by atoms with van der Waals surface area (Å²) in [5, 5.41) is 24.4. The van der Waals surface area contributed by atoms with E-state index in [4.69, 9.17) is 4.74 Å². The number of rotatable bonds is 5. The molecule has 0 spiro atoms. The second-order valence-corrected chi connectivity index (χ2v) is 8.59. The van der Waals surface area contributed by atoms with Crippen LogP contribution in [0.5, 0.6) is 5.88 Å². The number of halogens is 1. The van der Waals surface area contributed by atoms with E-state index >= 15 is 0 Å². The van der Waals surface area contributed by atoms with Crippen LogP contribution in [0.4, 0.5) is 16.0 Å². The Morgan fingerprint density at radius 1 is 1.20 bits per heavy atom. The van der Waals surface area contributed by atoms with Gasteiger partial charge in [-0.2, -0.15) is 9.37 Å². The first-order valence-electron chi connectivity index (χ1n) is 9.69. The monoisotopic (exact) mass is 430 g/mol. The molecule has 9 heteroatoms. The van der Waals surface area contributed by atoms with Gasteiger partial charge in [0.15, 0.2) is 0 Å². The molecule has 1 saturated carbocycles. The molecule has 1 aliphatic carbocycles. The van der Waals surface area contributed by atoms with Crippen LogP contribution in [-0.2, 0) is 5.60 Å². The lowest BCUT2D eigenvalue weighted by molar-refractivity contribution is -0.0362. The van der Waals surface area contributed by atoms with Gasteiger partial charge in [0.2, 0.25) is 11.8 Å². The van der Waals surface area contributed by atoms with Crippen LogP contribution in [-0.4, -0.2) is 38.4 Å². The van der Waals surface area contributed by atoms with Crippen molar-refractivity contribution in [2.24, 2.45) is 0 Å². The molecule has 2 heterocycles. The van der Waals surface area contributed by atoms with Gasteiger partial charge in [-0.3, -0.25) is 0 Å². The average molecular weight is 431 g/mol. The van der Waals surface area contributed by atoms with Gasteiger partial charge in [-0.25, -0.2) is 9.97 Å². The maximum absolute atomic E-state index is 13.5. The quantitative estimate of drug-likeness (QED) is 0.564. The molecule has 0 unspecified atom stereocenters. The van der Waals surface area contributed by atoms with E-state index in [1.165, 1.54) is 18.4 Å². The molecule has 2 aromatic heterocycles. The van der Waals surface area contributed by atoms with Gasteiger partial charge in [0.1, 0.15) is 10.6 Å². The molecule has 0 radical (unpaired) electrons. The van der Waals surface area contributed by atoms with Crippen molar-refractivity contribution in [1.82, 2.24) is 15.0 Å². The molecular formula is C21H23FN4O3S. The number of aryl methyl sites for hydroxylation is 1. The Bertz CT molecular complexity index is 1050. The Kier molecular flexibility index (Phi) is 5.68. The largest absolute Gasteiger partial charge is 0.479 e. The van der Waals surface area contributed by atoms with Crippen molar-refractivity contribution in [3.63, 3.8) is 0 Å². The van der Waals surface area contributed by atoms with Crippen molar-refractivity contribution in [3.8, 4) is 16.3 Å². The van der Waals surface area contributed by atoms with Crippen LogP contribution in [0.2, 0.25) is 0 Å². The third kappa shape index (κ3) is 4.28. The van der Waals surface area contributed by atoms with Crippen molar-refractivity contribution in [1.29, 1.82) is 0 Å². The minimum atomic E-state index is -0.981. The number of aromatic nitrogens is 3. The number of aliphatic hydroxyl groups excluding tert-OH is 1. The normalized spacial score (nSPS) is 21.4. The number of hydrogen-bond donors (Lipinski definition) is 3. The summed E-state index contributed by atoms with van der Waals surface area (Å²) in [5.41, 5.74) is 1.72. The molecule has 0 saturated heterocycles. The number of nitrogens with one attached hydrogen (secondary N) is 1. The van der Waals surface area contributed by atoms with E-state index in [0.717, 1.165) is 27.9 Å². The molecule has 7 nitrogen and oxygen atoms in total. The van der Waals surface area contributed by atoms with Crippen molar-refractivity contribution in [3.05, 3.63) is 47.0 Å². The predicted octanol–water partition coefficient (Wildman–Crippen LogP) is 3.92. The highest BCUT2D eigenvalue weighted by Crippen LogP contribution is 2.41. The molecule has 3 aromatic rings. The fourth-order valence-corrected chi connectivity index (χ4v) is 4.65. The number of nitrogens with zero attached hydrogens (tertiary/aromatic N) is 3. The first-order valence-corrected chi connectivity index (χ1v) is 10.5. The van der Waals surface area contributed by atoms with Crippen molar-refractivity contribution >= 4 is 23.0 Å². The smallest absolute Gasteiger partial charge is 0.255 e. The van der Waals surface area contributed by atoms with Gasteiger partial charge in [0, 0.05) is 11.9 Å². The number of methoxy groups -OCH3 is 1. The van der Waals surface area contributed by atoms with Gasteiger partial charge in [-0.15, -0.1) is 11.3 Å². The minimum Gasteiger partial charge on any atom is -0.479 e. The third-order valence-corrected chi connectivity index (χ3v) is 6.45. The molecule has 1 aliphatic rings. The summed E-state index contributed by atoms with van der Waals surface area (Å²) >= 11 is 1.45. The van der Waals surface area contributed by atoms with E-state index in [1.54, 1.807) is 6.20 Å². The van der Waals surface area contributed by atoms with Crippen molar-refractivity contribution < 1.29 is 19.3 Å². The molecule has 158 valence electrons. The predicted molar refractivity (Wildman–Crippen MR) is 112 cm³/mol. The lowest BCUT2D eigenvalue weighted by Gasteiger charge is -2.32. The van der Waals surface area contributed by atoms with E-state index in [-0.39, 0.29) is 17.9 Å². The van der Waals surface area contributed by atoms with Gasteiger partial charge >= 0.3 is 0 Å². The Balaban J connectivity index is 1.59. The van der Waals surface area contributed by atoms with Gasteiger partial charge in [-0.05, 0) is 55.9 Å². The van der Waals surface area contributed by atoms with Crippen LogP contribution >= 0.6 is 11.3 Å². The van der Waals surface area contributed by atoms with Crippen LogP contribution in [0.25, 0.3) is 10.4 Å². The van der Waals surface area contributed by atoms with Crippen LogP contribution < -0.4 is 10.1 Å². The molecule has 0 atom stereocenters. The van der Waals surface area contributed by atoms with Crippen LogP contribution in [0.15, 0.2) is 30.6 Å². The molecule has 0 amide bonds. The number of aliphatic hydroxyl groups is 2. The fourth-order valence-electron chi connectivity index (χ4n) is 3.60. The number of ether oxygens (including phenoxy) is 1. The van der Waals surface area contributed by atoms with Gasteiger partial charge in [0.25, 0.3) is 5.88 Å². The van der Waals surface area contributed by atoms with E-state index in [2.05, 4.69) is 20.3 Å². The van der Waals surface area contributed by atoms with E-state index in [9.17, 15) is 14.6 Å². The van der Waals surface area contributed by atoms with E-state index in [1.807, 2.05) is 25.1 Å². The summed E-state index contributed by atoms with van der Waals surface area (Å²) in [5.74, 6) is -0.526. The lowest BCUT2D eigenvalue weighted by Crippen LogP contribution is -2.33. The zero-order valence-corrected chi connectivity index (χ0v) is 17.5. The molecule has 1 aromatic carbocycles. The minimum absolute atomic E-state index is 0.127. The number of anilines is 2. The first kappa shape index (κ1) is 20.6. The Hall–Kier alpha value is -2.62. The summed E-state index contributed by atoms with van der Waals surface area (Å²) in [7, 11) is 1.35.